The van der Waals surface area contributed by atoms with Crippen LogP contribution in [0, 0.1) is 6.92 Å². The van der Waals surface area contributed by atoms with Gasteiger partial charge >= 0.3 is 0 Å². The third-order valence-corrected chi connectivity index (χ3v) is 4.22. The van der Waals surface area contributed by atoms with Crippen LogP contribution >= 0.6 is 0 Å². The van der Waals surface area contributed by atoms with Crippen LogP contribution in [-0.4, -0.2) is 15.8 Å². The average molecular weight is 328 g/mol. The molecule has 0 aliphatic heterocycles. The Morgan fingerprint density at radius 1 is 1.00 bits per heavy atom. The highest BCUT2D eigenvalue weighted by Gasteiger charge is 2.14. The van der Waals surface area contributed by atoms with E-state index in [9.17, 15) is 4.79 Å². The zero-order valence-electron chi connectivity index (χ0n) is 13.8. The number of nitrogens with zero attached hydrogens (tertiary/aromatic N) is 2. The molecule has 0 spiro atoms. The van der Waals surface area contributed by atoms with E-state index < -0.39 is 0 Å². The van der Waals surface area contributed by atoms with E-state index in [1.165, 1.54) is 6.39 Å². The summed E-state index contributed by atoms with van der Waals surface area (Å²) in [6.07, 6.45) is 3.44. The molecule has 4 nitrogen and oxygen atoms in total. The molecule has 0 atom stereocenters. The molecule has 4 heteroatoms. The van der Waals surface area contributed by atoms with Gasteiger partial charge in [-0.25, -0.2) is 4.98 Å². The minimum atomic E-state index is -0.0738. The predicted octanol–water partition coefficient (Wildman–Crippen LogP) is 4.62. The maximum atomic E-state index is 12.3. The smallest absolute Gasteiger partial charge is 0.204 e. The summed E-state index contributed by atoms with van der Waals surface area (Å²) in [6, 6.07) is 18.2. The first kappa shape index (κ1) is 15.3. The standard InChI is InChI=1S/C21H16N2O2/c1-14-21(25-13-23-14)20(24)10-15-7-8-17-11-18(12-22-19(17)9-15)16-5-3-2-4-6-16/h2-9,11-13H,10H2,1H3. The van der Waals surface area contributed by atoms with Crippen molar-refractivity contribution in [3.8, 4) is 11.1 Å². The lowest BCUT2D eigenvalue weighted by atomic mass is 10.0. The van der Waals surface area contributed by atoms with Crippen LogP contribution in [0.1, 0.15) is 21.8 Å². The van der Waals surface area contributed by atoms with E-state index in [2.05, 4.69) is 28.2 Å². The summed E-state index contributed by atoms with van der Waals surface area (Å²) >= 11 is 0. The van der Waals surface area contributed by atoms with E-state index in [0.717, 1.165) is 27.6 Å². The Morgan fingerprint density at radius 3 is 2.60 bits per heavy atom. The number of aryl methyl sites for hydroxylation is 1. The predicted molar refractivity (Wildman–Crippen MR) is 96.5 cm³/mol. The highest BCUT2D eigenvalue weighted by molar-refractivity contribution is 5.96. The van der Waals surface area contributed by atoms with Gasteiger partial charge in [-0.05, 0) is 30.2 Å². The van der Waals surface area contributed by atoms with Gasteiger partial charge in [0, 0.05) is 23.6 Å². The van der Waals surface area contributed by atoms with Crippen molar-refractivity contribution >= 4 is 16.7 Å². The van der Waals surface area contributed by atoms with Crippen molar-refractivity contribution in [1.29, 1.82) is 0 Å². The molecule has 0 aliphatic carbocycles. The summed E-state index contributed by atoms with van der Waals surface area (Å²) in [6.45, 7) is 1.77. The maximum Gasteiger partial charge on any atom is 0.204 e. The molecule has 2 aromatic carbocycles. The van der Waals surface area contributed by atoms with Gasteiger partial charge in [-0.2, -0.15) is 0 Å². The van der Waals surface area contributed by atoms with Crippen LogP contribution in [-0.2, 0) is 6.42 Å². The highest BCUT2D eigenvalue weighted by atomic mass is 16.3. The molecule has 122 valence electrons. The quantitative estimate of drug-likeness (QED) is 0.513. The van der Waals surface area contributed by atoms with Crippen molar-refractivity contribution in [2.45, 2.75) is 13.3 Å². The van der Waals surface area contributed by atoms with Gasteiger partial charge in [-0.1, -0.05) is 42.5 Å². The summed E-state index contributed by atoms with van der Waals surface area (Å²) in [5.74, 6) is 0.253. The number of hydrogen-bond donors (Lipinski definition) is 0. The van der Waals surface area contributed by atoms with Crippen LogP contribution in [0.2, 0.25) is 0 Å². The normalized spacial score (nSPS) is 10.9. The van der Waals surface area contributed by atoms with E-state index in [4.69, 9.17) is 4.42 Å². The number of rotatable bonds is 4. The first-order valence-electron chi connectivity index (χ1n) is 8.08. The number of pyridine rings is 1. The number of Topliss-reactive ketones (excluding diaryl/α,β-unsaturated/α-hetero) is 1. The second-order valence-electron chi connectivity index (χ2n) is 5.98. The van der Waals surface area contributed by atoms with Gasteiger partial charge in [0.05, 0.1) is 11.2 Å². The van der Waals surface area contributed by atoms with E-state index >= 15 is 0 Å². The van der Waals surface area contributed by atoms with Crippen LogP contribution in [0.5, 0.6) is 0 Å². The molecule has 2 heterocycles. The van der Waals surface area contributed by atoms with Crippen molar-refractivity contribution in [2.24, 2.45) is 0 Å². The molecule has 0 bridgehead atoms. The molecule has 0 N–H and O–H groups in total. The average Bonchev–Trinajstić information content (AvgIpc) is 3.08. The molecule has 0 saturated carbocycles. The number of carbonyl (C=O) groups excluding carboxylic acids is 1. The fourth-order valence-electron chi connectivity index (χ4n) is 2.90. The summed E-state index contributed by atoms with van der Waals surface area (Å²) in [5, 5.41) is 1.05. The SMILES string of the molecule is Cc1ncoc1C(=O)Cc1ccc2cc(-c3ccccc3)cnc2c1. The molecule has 0 fully saturated rings. The van der Waals surface area contributed by atoms with Crippen molar-refractivity contribution in [1.82, 2.24) is 9.97 Å². The van der Waals surface area contributed by atoms with E-state index in [0.29, 0.717) is 11.5 Å². The summed E-state index contributed by atoms with van der Waals surface area (Å²) < 4.78 is 5.17. The van der Waals surface area contributed by atoms with Gasteiger partial charge < -0.3 is 4.42 Å². The van der Waals surface area contributed by atoms with Gasteiger partial charge in [0.25, 0.3) is 0 Å². The maximum absolute atomic E-state index is 12.3. The zero-order valence-corrected chi connectivity index (χ0v) is 13.8. The van der Waals surface area contributed by atoms with Crippen molar-refractivity contribution in [3.63, 3.8) is 0 Å². The van der Waals surface area contributed by atoms with Crippen LogP contribution < -0.4 is 0 Å². The first-order valence-corrected chi connectivity index (χ1v) is 8.08. The molecule has 25 heavy (non-hydrogen) atoms. The van der Waals surface area contributed by atoms with Gasteiger partial charge in [-0.3, -0.25) is 9.78 Å². The van der Waals surface area contributed by atoms with Crippen LogP contribution in [0.4, 0.5) is 0 Å². The Morgan fingerprint density at radius 2 is 1.84 bits per heavy atom. The van der Waals surface area contributed by atoms with E-state index in [1.807, 2.05) is 42.6 Å². The van der Waals surface area contributed by atoms with Crippen LogP contribution in [0.25, 0.3) is 22.0 Å². The van der Waals surface area contributed by atoms with Crippen molar-refractivity contribution < 1.29 is 9.21 Å². The lowest BCUT2D eigenvalue weighted by Crippen LogP contribution is -2.04. The Hall–Kier alpha value is -3.27. The fraction of sp³-hybridized carbons (Fsp3) is 0.0952. The Bertz CT molecular complexity index is 1050. The second kappa shape index (κ2) is 6.32. The van der Waals surface area contributed by atoms with Gasteiger partial charge in [0.15, 0.2) is 12.2 Å². The Labute approximate surface area is 145 Å². The number of fused-ring (bicyclic) bond motifs is 1. The number of carbonyl (C=O) groups is 1. The highest BCUT2D eigenvalue weighted by Crippen LogP contribution is 2.23. The second-order valence-corrected chi connectivity index (χ2v) is 5.98. The summed E-state index contributed by atoms with van der Waals surface area (Å²) in [5.41, 5.74) is 4.62. The number of ketones is 1. The Balaban J connectivity index is 1.63. The molecule has 2 aromatic heterocycles. The van der Waals surface area contributed by atoms with E-state index in [-0.39, 0.29) is 12.2 Å². The van der Waals surface area contributed by atoms with Crippen molar-refractivity contribution in [2.75, 3.05) is 0 Å². The molecule has 4 aromatic rings. The molecule has 0 radical (unpaired) electrons. The zero-order chi connectivity index (χ0) is 17.2. The van der Waals surface area contributed by atoms with Gasteiger partial charge in [-0.15, -0.1) is 0 Å². The largest absolute Gasteiger partial charge is 0.440 e. The molecular formula is C21H16N2O2. The molecule has 0 saturated heterocycles. The van der Waals surface area contributed by atoms with E-state index in [1.54, 1.807) is 6.92 Å². The fourth-order valence-corrected chi connectivity index (χ4v) is 2.90. The number of hydrogen-bond acceptors (Lipinski definition) is 4. The topological polar surface area (TPSA) is 56.0 Å². The summed E-state index contributed by atoms with van der Waals surface area (Å²) in [4.78, 5) is 20.8. The van der Waals surface area contributed by atoms with Crippen molar-refractivity contribution in [3.05, 3.63) is 84.2 Å². The van der Waals surface area contributed by atoms with Gasteiger partial charge in [0.2, 0.25) is 5.78 Å². The number of oxazole rings is 1. The molecule has 0 aliphatic rings. The molecule has 0 unspecified atom stereocenters. The lowest BCUT2D eigenvalue weighted by molar-refractivity contribution is 0.0965. The third-order valence-electron chi connectivity index (χ3n) is 4.22. The number of aromatic nitrogens is 2. The number of benzene rings is 2. The molecular weight excluding hydrogens is 312 g/mol. The van der Waals surface area contributed by atoms with Crippen LogP contribution in [0.15, 0.2) is 71.6 Å². The third kappa shape index (κ3) is 3.06. The van der Waals surface area contributed by atoms with Crippen LogP contribution in [0.3, 0.4) is 0 Å². The lowest BCUT2D eigenvalue weighted by Gasteiger charge is -2.05. The monoisotopic (exact) mass is 328 g/mol. The minimum Gasteiger partial charge on any atom is -0.440 e. The van der Waals surface area contributed by atoms with Gasteiger partial charge in [0.1, 0.15) is 0 Å². The minimum absolute atomic E-state index is 0.0738. The molecule has 4 rings (SSSR count). The Kier molecular flexibility index (Phi) is 3.86. The molecule has 0 amide bonds. The first-order chi connectivity index (χ1) is 12.2. The summed E-state index contributed by atoms with van der Waals surface area (Å²) in [7, 11) is 0.